The second kappa shape index (κ2) is 4.24. The molecule has 0 bridgehead atoms. The summed E-state index contributed by atoms with van der Waals surface area (Å²) in [4.78, 5) is 2.45. The molecule has 0 spiro atoms. The molecule has 12 heavy (non-hydrogen) atoms. The van der Waals surface area contributed by atoms with Crippen LogP contribution in [0.3, 0.4) is 0 Å². The van der Waals surface area contributed by atoms with Crippen LogP contribution in [0.1, 0.15) is 33.1 Å². The lowest BCUT2D eigenvalue weighted by Crippen LogP contribution is -2.57. The Morgan fingerprint density at radius 3 is 2.42 bits per heavy atom. The van der Waals surface area contributed by atoms with Gasteiger partial charge in [0.1, 0.15) is 0 Å². The molecule has 2 nitrogen and oxygen atoms in total. The van der Waals surface area contributed by atoms with Crippen molar-refractivity contribution in [2.24, 2.45) is 5.41 Å². The molecule has 72 valence electrons. The fourth-order valence-electron chi connectivity index (χ4n) is 1.88. The van der Waals surface area contributed by atoms with Crippen molar-refractivity contribution >= 4 is 0 Å². The molecule has 1 fully saturated rings. The van der Waals surface area contributed by atoms with Gasteiger partial charge in [-0.3, -0.25) is 0 Å². The minimum atomic E-state index is 0.258. The highest BCUT2D eigenvalue weighted by Gasteiger charge is 2.39. The van der Waals surface area contributed by atoms with E-state index >= 15 is 0 Å². The molecular weight excluding hydrogens is 150 g/mol. The summed E-state index contributed by atoms with van der Waals surface area (Å²) in [6.45, 7) is 8.21. The van der Waals surface area contributed by atoms with E-state index in [0.29, 0.717) is 6.61 Å². The molecule has 0 atom stereocenters. The van der Waals surface area contributed by atoms with Crippen LogP contribution in [0.15, 0.2) is 0 Å². The molecule has 0 saturated carbocycles. The Balaban J connectivity index is 2.16. The highest BCUT2D eigenvalue weighted by Crippen LogP contribution is 2.32. The molecule has 0 amide bonds. The first kappa shape index (κ1) is 10.0. The van der Waals surface area contributed by atoms with Crippen LogP contribution in [0.2, 0.25) is 0 Å². The van der Waals surface area contributed by atoms with E-state index in [-0.39, 0.29) is 5.41 Å². The first-order valence-electron chi connectivity index (χ1n) is 5.09. The summed E-state index contributed by atoms with van der Waals surface area (Å²) < 4.78 is 0. The third-order valence-corrected chi connectivity index (χ3v) is 3.03. The van der Waals surface area contributed by atoms with Gasteiger partial charge in [-0.2, -0.15) is 0 Å². The minimum absolute atomic E-state index is 0.258. The van der Waals surface area contributed by atoms with Crippen molar-refractivity contribution in [2.45, 2.75) is 33.1 Å². The van der Waals surface area contributed by atoms with Gasteiger partial charge in [0, 0.05) is 18.5 Å². The number of likely N-dealkylation sites (tertiary alicyclic amines) is 1. The van der Waals surface area contributed by atoms with E-state index in [4.69, 9.17) is 5.11 Å². The van der Waals surface area contributed by atoms with E-state index < -0.39 is 0 Å². The molecule has 0 unspecified atom stereocenters. The number of rotatable bonds is 5. The van der Waals surface area contributed by atoms with E-state index in [1.54, 1.807) is 0 Å². The molecule has 0 aromatic heterocycles. The average Bonchev–Trinajstić information content (AvgIpc) is 2.04. The van der Waals surface area contributed by atoms with Crippen molar-refractivity contribution in [1.82, 2.24) is 4.90 Å². The summed E-state index contributed by atoms with van der Waals surface area (Å²) in [6.07, 6.45) is 3.69. The fourth-order valence-corrected chi connectivity index (χ4v) is 1.88. The van der Waals surface area contributed by atoms with Crippen molar-refractivity contribution in [1.29, 1.82) is 0 Å². The number of hydrogen-bond donors (Lipinski definition) is 1. The van der Waals surface area contributed by atoms with E-state index in [2.05, 4.69) is 18.7 Å². The molecule has 0 radical (unpaired) electrons. The standard InChI is InChI=1S/C10H21NO/c1-3-5-6-11-7-10(4-2,8-11)9-12/h12H,3-9H2,1-2H3. The van der Waals surface area contributed by atoms with Crippen molar-refractivity contribution in [3.63, 3.8) is 0 Å². The van der Waals surface area contributed by atoms with Gasteiger partial charge in [-0.05, 0) is 19.4 Å². The summed E-state index contributed by atoms with van der Waals surface area (Å²) in [7, 11) is 0. The van der Waals surface area contributed by atoms with Gasteiger partial charge >= 0.3 is 0 Å². The molecule has 2 heteroatoms. The van der Waals surface area contributed by atoms with Crippen LogP contribution in [0, 0.1) is 5.41 Å². The second-order valence-corrected chi connectivity index (χ2v) is 4.08. The maximum absolute atomic E-state index is 9.15. The molecular formula is C10H21NO. The monoisotopic (exact) mass is 171 g/mol. The zero-order valence-electron chi connectivity index (χ0n) is 8.34. The van der Waals surface area contributed by atoms with Crippen LogP contribution in [0.4, 0.5) is 0 Å². The number of hydrogen-bond acceptors (Lipinski definition) is 2. The van der Waals surface area contributed by atoms with Crippen LogP contribution in [-0.2, 0) is 0 Å². The van der Waals surface area contributed by atoms with Gasteiger partial charge in [0.2, 0.25) is 0 Å². The molecule has 0 aromatic carbocycles. The number of nitrogens with zero attached hydrogens (tertiary/aromatic N) is 1. The number of unbranched alkanes of at least 4 members (excludes halogenated alkanes) is 1. The third-order valence-electron chi connectivity index (χ3n) is 3.03. The predicted molar refractivity (Wildman–Crippen MR) is 51.2 cm³/mol. The molecule has 0 aromatic rings. The van der Waals surface area contributed by atoms with Crippen LogP contribution in [0.25, 0.3) is 0 Å². The quantitative estimate of drug-likeness (QED) is 0.677. The zero-order chi connectivity index (χ0) is 9.03. The second-order valence-electron chi connectivity index (χ2n) is 4.08. The van der Waals surface area contributed by atoms with Crippen molar-refractivity contribution in [3.05, 3.63) is 0 Å². The van der Waals surface area contributed by atoms with E-state index in [0.717, 1.165) is 19.5 Å². The van der Waals surface area contributed by atoms with Crippen LogP contribution >= 0.6 is 0 Å². The van der Waals surface area contributed by atoms with Gasteiger partial charge < -0.3 is 10.0 Å². The Morgan fingerprint density at radius 2 is 2.00 bits per heavy atom. The molecule has 1 rings (SSSR count). The van der Waals surface area contributed by atoms with Gasteiger partial charge in [0.25, 0.3) is 0 Å². The smallest absolute Gasteiger partial charge is 0.0511 e. The Kier molecular flexibility index (Phi) is 3.53. The number of aliphatic hydroxyl groups is 1. The topological polar surface area (TPSA) is 23.5 Å². The lowest BCUT2D eigenvalue weighted by atomic mass is 9.78. The maximum atomic E-state index is 9.15. The molecule has 1 aliphatic rings. The molecule has 1 aliphatic heterocycles. The normalized spacial score (nSPS) is 22.2. The molecule has 1 saturated heterocycles. The summed E-state index contributed by atoms with van der Waals surface area (Å²) in [5.41, 5.74) is 0.258. The van der Waals surface area contributed by atoms with Crippen LogP contribution < -0.4 is 0 Å². The Morgan fingerprint density at radius 1 is 1.33 bits per heavy atom. The van der Waals surface area contributed by atoms with E-state index in [1.165, 1.54) is 19.4 Å². The molecule has 1 heterocycles. The summed E-state index contributed by atoms with van der Waals surface area (Å²) in [6, 6.07) is 0. The van der Waals surface area contributed by atoms with Crippen molar-refractivity contribution < 1.29 is 5.11 Å². The maximum Gasteiger partial charge on any atom is 0.0511 e. The first-order valence-corrected chi connectivity index (χ1v) is 5.09. The Bertz CT molecular complexity index is 124. The highest BCUT2D eigenvalue weighted by molar-refractivity contribution is 4.93. The minimum Gasteiger partial charge on any atom is -0.396 e. The van der Waals surface area contributed by atoms with Gasteiger partial charge in [-0.1, -0.05) is 20.3 Å². The molecule has 0 aliphatic carbocycles. The summed E-state index contributed by atoms with van der Waals surface area (Å²) in [5, 5.41) is 9.15. The predicted octanol–water partition coefficient (Wildman–Crippen LogP) is 1.49. The Hall–Kier alpha value is -0.0800. The lowest BCUT2D eigenvalue weighted by Gasteiger charge is -2.49. The van der Waals surface area contributed by atoms with Crippen LogP contribution in [-0.4, -0.2) is 36.2 Å². The van der Waals surface area contributed by atoms with E-state index in [9.17, 15) is 0 Å². The van der Waals surface area contributed by atoms with Crippen molar-refractivity contribution in [3.8, 4) is 0 Å². The van der Waals surface area contributed by atoms with Crippen LogP contribution in [0.5, 0.6) is 0 Å². The van der Waals surface area contributed by atoms with Crippen molar-refractivity contribution in [2.75, 3.05) is 26.2 Å². The largest absolute Gasteiger partial charge is 0.396 e. The van der Waals surface area contributed by atoms with E-state index in [1.807, 2.05) is 0 Å². The highest BCUT2D eigenvalue weighted by atomic mass is 16.3. The fraction of sp³-hybridized carbons (Fsp3) is 1.00. The molecule has 1 N–H and O–H groups in total. The van der Waals surface area contributed by atoms with Gasteiger partial charge in [-0.15, -0.1) is 0 Å². The number of aliphatic hydroxyl groups excluding tert-OH is 1. The SMILES string of the molecule is CCCCN1CC(CC)(CO)C1. The third kappa shape index (κ3) is 1.99. The zero-order valence-corrected chi connectivity index (χ0v) is 8.34. The average molecular weight is 171 g/mol. The summed E-state index contributed by atoms with van der Waals surface area (Å²) in [5.74, 6) is 0. The van der Waals surface area contributed by atoms with Gasteiger partial charge in [-0.25, -0.2) is 0 Å². The lowest BCUT2D eigenvalue weighted by molar-refractivity contribution is -0.0438. The first-order chi connectivity index (χ1) is 5.76. The van der Waals surface area contributed by atoms with Gasteiger partial charge in [0.15, 0.2) is 0 Å². The Labute approximate surface area is 75.6 Å². The van der Waals surface area contributed by atoms with Gasteiger partial charge in [0.05, 0.1) is 6.61 Å². The summed E-state index contributed by atoms with van der Waals surface area (Å²) >= 11 is 0.